The summed E-state index contributed by atoms with van der Waals surface area (Å²) in [6, 6.07) is 0. The summed E-state index contributed by atoms with van der Waals surface area (Å²) in [6.07, 6.45) is 0.125. The number of ether oxygens (including phenoxy) is 1. The van der Waals surface area contributed by atoms with Gasteiger partial charge in [0, 0.05) is 7.11 Å². The van der Waals surface area contributed by atoms with Crippen molar-refractivity contribution in [1.29, 1.82) is 0 Å². The van der Waals surface area contributed by atoms with Crippen LogP contribution in [-0.2, 0) is 9.53 Å². The molecule has 1 atom stereocenters. The van der Waals surface area contributed by atoms with E-state index in [0.717, 1.165) is 13.1 Å². The molecule has 0 fully saturated rings. The van der Waals surface area contributed by atoms with Crippen molar-refractivity contribution in [3.8, 4) is 0 Å². The summed E-state index contributed by atoms with van der Waals surface area (Å²) in [5.74, 6) is -0.527. The Labute approximate surface area is 98.6 Å². The van der Waals surface area contributed by atoms with E-state index in [1.165, 1.54) is 0 Å². The first-order valence-corrected chi connectivity index (χ1v) is 5.90. The van der Waals surface area contributed by atoms with Crippen LogP contribution >= 0.6 is 0 Å². The van der Waals surface area contributed by atoms with Gasteiger partial charge in [-0.25, -0.2) is 0 Å². The van der Waals surface area contributed by atoms with Gasteiger partial charge in [0.1, 0.15) is 0 Å². The second kappa shape index (κ2) is 6.86. The predicted octanol–water partition coefficient (Wildman–Crippen LogP) is 1.84. The summed E-state index contributed by atoms with van der Waals surface area (Å²) in [4.78, 5) is 13.2. The summed E-state index contributed by atoms with van der Waals surface area (Å²) in [5.41, 5.74) is -0.399. The number of aliphatic carboxylic acids is 1. The largest absolute Gasteiger partial charge is 0.481 e. The van der Waals surface area contributed by atoms with Crippen molar-refractivity contribution in [2.24, 2.45) is 5.92 Å². The van der Waals surface area contributed by atoms with Gasteiger partial charge in [0.2, 0.25) is 0 Å². The van der Waals surface area contributed by atoms with Gasteiger partial charge >= 0.3 is 5.97 Å². The van der Waals surface area contributed by atoms with E-state index < -0.39 is 11.5 Å². The number of carbonyl (C=O) groups is 1. The van der Waals surface area contributed by atoms with E-state index in [1.807, 2.05) is 0 Å². The van der Waals surface area contributed by atoms with Crippen molar-refractivity contribution in [3.63, 3.8) is 0 Å². The second-order valence-electron chi connectivity index (χ2n) is 4.43. The molecule has 1 N–H and O–H groups in total. The Morgan fingerprint density at radius 2 is 1.88 bits per heavy atom. The molecule has 0 amide bonds. The Morgan fingerprint density at radius 1 is 1.38 bits per heavy atom. The van der Waals surface area contributed by atoms with Crippen LogP contribution in [0.4, 0.5) is 0 Å². The van der Waals surface area contributed by atoms with Crippen molar-refractivity contribution in [3.05, 3.63) is 0 Å². The van der Waals surface area contributed by atoms with Crippen LogP contribution in [0.2, 0.25) is 0 Å². The van der Waals surface area contributed by atoms with E-state index in [4.69, 9.17) is 9.84 Å². The molecular weight excluding hydrogens is 206 g/mol. The van der Waals surface area contributed by atoms with E-state index in [2.05, 4.69) is 32.6 Å². The lowest BCUT2D eigenvalue weighted by Gasteiger charge is -2.45. The summed E-state index contributed by atoms with van der Waals surface area (Å²) in [7, 11) is 1.63. The number of nitrogens with zero attached hydrogens (tertiary/aromatic N) is 1. The van der Waals surface area contributed by atoms with Gasteiger partial charge in [-0.05, 0) is 19.0 Å². The molecule has 4 nitrogen and oxygen atoms in total. The molecular formula is C12H25NO3. The Balaban J connectivity index is 5.13. The molecule has 0 aromatic carbocycles. The van der Waals surface area contributed by atoms with Crippen LogP contribution in [0, 0.1) is 5.92 Å². The number of likely N-dealkylation sites (N-methyl/N-ethyl adjacent to an activating group) is 1. The zero-order chi connectivity index (χ0) is 12.8. The maximum absolute atomic E-state index is 11.0. The fraction of sp³-hybridized carbons (Fsp3) is 0.917. The summed E-state index contributed by atoms with van der Waals surface area (Å²) < 4.78 is 5.25. The van der Waals surface area contributed by atoms with Gasteiger partial charge in [0.15, 0.2) is 0 Å². The molecule has 0 rings (SSSR count). The Morgan fingerprint density at radius 3 is 2.12 bits per heavy atom. The molecule has 0 radical (unpaired) electrons. The lowest BCUT2D eigenvalue weighted by atomic mass is 9.82. The van der Waals surface area contributed by atoms with Gasteiger partial charge < -0.3 is 9.84 Å². The molecule has 16 heavy (non-hydrogen) atoms. The highest BCUT2D eigenvalue weighted by molar-refractivity contribution is 5.68. The van der Waals surface area contributed by atoms with Crippen LogP contribution in [0.1, 0.15) is 34.1 Å². The SMILES string of the molecule is CCN(CC)C(COC)(CC(=O)O)C(C)C. The normalized spacial score (nSPS) is 15.4. The first-order valence-electron chi connectivity index (χ1n) is 5.90. The molecule has 0 saturated carbocycles. The molecule has 0 heterocycles. The van der Waals surface area contributed by atoms with Gasteiger partial charge in [-0.15, -0.1) is 0 Å². The van der Waals surface area contributed by atoms with Gasteiger partial charge in [0.05, 0.1) is 18.6 Å². The smallest absolute Gasteiger partial charge is 0.305 e. The Kier molecular flexibility index (Phi) is 6.60. The van der Waals surface area contributed by atoms with Gasteiger partial charge in [-0.3, -0.25) is 9.69 Å². The summed E-state index contributed by atoms with van der Waals surface area (Å²) in [6.45, 7) is 10.4. The van der Waals surface area contributed by atoms with Gasteiger partial charge in [0.25, 0.3) is 0 Å². The summed E-state index contributed by atoms with van der Waals surface area (Å²) >= 11 is 0. The van der Waals surface area contributed by atoms with E-state index >= 15 is 0 Å². The lowest BCUT2D eigenvalue weighted by molar-refractivity contribution is -0.143. The minimum absolute atomic E-state index is 0.125. The number of methoxy groups -OCH3 is 1. The van der Waals surface area contributed by atoms with Crippen molar-refractivity contribution in [1.82, 2.24) is 4.90 Å². The molecule has 0 aliphatic carbocycles. The number of carboxylic acids is 1. The standard InChI is InChI=1S/C12H25NO3/c1-6-13(7-2)12(9-16-5,10(3)4)8-11(14)15/h10H,6-9H2,1-5H3,(H,14,15). The average Bonchev–Trinajstić information content (AvgIpc) is 2.18. The van der Waals surface area contributed by atoms with Crippen LogP contribution in [0.15, 0.2) is 0 Å². The van der Waals surface area contributed by atoms with Crippen molar-refractivity contribution in [2.75, 3.05) is 26.8 Å². The summed E-state index contributed by atoms with van der Waals surface area (Å²) in [5, 5.41) is 9.08. The molecule has 4 heteroatoms. The minimum Gasteiger partial charge on any atom is -0.481 e. The van der Waals surface area contributed by atoms with Crippen molar-refractivity contribution < 1.29 is 14.6 Å². The first kappa shape index (κ1) is 15.4. The van der Waals surface area contributed by atoms with Crippen molar-refractivity contribution in [2.45, 2.75) is 39.7 Å². The molecule has 96 valence electrons. The Bertz CT molecular complexity index is 214. The van der Waals surface area contributed by atoms with Gasteiger partial charge in [-0.1, -0.05) is 27.7 Å². The molecule has 0 spiro atoms. The predicted molar refractivity (Wildman–Crippen MR) is 64.6 cm³/mol. The van der Waals surface area contributed by atoms with E-state index in [0.29, 0.717) is 6.61 Å². The van der Waals surface area contributed by atoms with Crippen LogP contribution in [0.5, 0.6) is 0 Å². The van der Waals surface area contributed by atoms with Crippen molar-refractivity contribution >= 4 is 5.97 Å². The van der Waals surface area contributed by atoms with Gasteiger partial charge in [-0.2, -0.15) is 0 Å². The first-order chi connectivity index (χ1) is 7.44. The monoisotopic (exact) mass is 231 g/mol. The maximum Gasteiger partial charge on any atom is 0.305 e. The third-order valence-electron chi connectivity index (χ3n) is 3.32. The maximum atomic E-state index is 11.0. The zero-order valence-electron chi connectivity index (χ0n) is 11.1. The van der Waals surface area contributed by atoms with E-state index in [-0.39, 0.29) is 12.3 Å². The molecule has 0 aliphatic rings. The molecule has 0 aromatic rings. The fourth-order valence-corrected chi connectivity index (χ4v) is 2.36. The van der Waals surface area contributed by atoms with Crippen LogP contribution in [0.3, 0.4) is 0 Å². The number of rotatable bonds is 8. The highest BCUT2D eigenvalue weighted by Crippen LogP contribution is 2.29. The molecule has 0 aliphatic heterocycles. The molecule has 0 saturated heterocycles. The number of hydrogen-bond donors (Lipinski definition) is 1. The minimum atomic E-state index is -0.766. The fourth-order valence-electron chi connectivity index (χ4n) is 2.36. The second-order valence-corrected chi connectivity index (χ2v) is 4.43. The molecule has 0 aromatic heterocycles. The average molecular weight is 231 g/mol. The van der Waals surface area contributed by atoms with E-state index in [1.54, 1.807) is 7.11 Å². The topological polar surface area (TPSA) is 49.8 Å². The van der Waals surface area contributed by atoms with Crippen LogP contribution < -0.4 is 0 Å². The van der Waals surface area contributed by atoms with Crippen LogP contribution in [0.25, 0.3) is 0 Å². The number of carboxylic acid groups (broad SMARTS) is 1. The number of hydrogen-bond acceptors (Lipinski definition) is 3. The third-order valence-corrected chi connectivity index (χ3v) is 3.32. The quantitative estimate of drug-likeness (QED) is 0.692. The zero-order valence-corrected chi connectivity index (χ0v) is 11.1. The molecule has 1 unspecified atom stereocenters. The van der Waals surface area contributed by atoms with E-state index in [9.17, 15) is 4.79 Å². The lowest BCUT2D eigenvalue weighted by Crippen LogP contribution is -2.56. The Hall–Kier alpha value is -0.610. The molecule has 0 bridgehead atoms. The third kappa shape index (κ3) is 3.46. The van der Waals surface area contributed by atoms with Crippen LogP contribution in [-0.4, -0.2) is 48.3 Å². The highest BCUT2D eigenvalue weighted by atomic mass is 16.5. The highest BCUT2D eigenvalue weighted by Gasteiger charge is 2.40.